The molecule has 11 heavy (non-hydrogen) atoms. The van der Waals surface area contributed by atoms with E-state index in [1.807, 2.05) is 0 Å². The monoisotopic (exact) mass is 175 g/mol. The molecular formula is C6H9NO3S. The van der Waals surface area contributed by atoms with Crippen LogP contribution in [0.3, 0.4) is 0 Å². The van der Waals surface area contributed by atoms with Crippen molar-refractivity contribution in [3.05, 3.63) is 0 Å². The average Bonchev–Trinajstić information content (AvgIpc) is 2.18. The van der Waals surface area contributed by atoms with Gasteiger partial charge >= 0.3 is 5.97 Å². The molecule has 0 N–H and O–H groups in total. The summed E-state index contributed by atoms with van der Waals surface area (Å²) in [4.78, 5) is 26.0. The Labute approximate surface area is 69.9 Å². The zero-order chi connectivity index (χ0) is 8.43. The summed E-state index contributed by atoms with van der Waals surface area (Å²) in [5.74, 6) is -0.704. The number of hydrogen-bond acceptors (Lipinski definition) is 4. The summed E-state index contributed by atoms with van der Waals surface area (Å²) in [7, 11) is 0. The molecule has 0 aromatic rings. The van der Waals surface area contributed by atoms with Crippen LogP contribution < -0.4 is 0 Å². The van der Waals surface area contributed by atoms with Gasteiger partial charge < -0.3 is 4.84 Å². The average molecular weight is 175 g/mol. The second kappa shape index (κ2) is 3.13. The first-order chi connectivity index (χ1) is 5.11. The molecule has 0 aromatic heterocycles. The van der Waals surface area contributed by atoms with Crippen LogP contribution >= 0.6 is 12.6 Å². The molecule has 0 spiro atoms. The predicted octanol–water partition coefficient (Wildman–Crippen LogP) is -0.00480. The van der Waals surface area contributed by atoms with Crippen LogP contribution in [0.15, 0.2) is 0 Å². The van der Waals surface area contributed by atoms with E-state index in [1.165, 1.54) is 6.92 Å². The number of carbonyl (C=O) groups excluding carboxylic acids is 2. The summed E-state index contributed by atoms with van der Waals surface area (Å²) in [6.45, 7) is 1.71. The van der Waals surface area contributed by atoms with Crippen molar-refractivity contribution in [2.75, 3.05) is 6.54 Å². The number of hydrogen-bond donors (Lipinski definition) is 1. The van der Waals surface area contributed by atoms with Crippen LogP contribution in [0.4, 0.5) is 0 Å². The summed E-state index contributed by atoms with van der Waals surface area (Å²) >= 11 is 3.99. The number of hydroxylamine groups is 2. The Kier molecular flexibility index (Phi) is 2.38. The highest BCUT2D eigenvalue weighted by Gasteiger charge is 2.31. The molecular weight excluding hydrogens is 166 g/mol. The minimum absolute atomic E-state index is 0.233. The molecule has 0 bridgehead atoms. The van der Waals surface area contributed by atoms with Gasteiger partial charge in [0, 0.05) is 6.92 Å². The van der Waals surface area contributed by atoms with Crippen molar-refractivity contribution in [3.63, 3.8) is 0 Å². The zero-order valence-electron chi connectivity index (χ0n) is 6.11. The van der Waals surface area contributed by atoms with Gasteiger partial charge in [-0.2, -0.15) is 17.7 Å². The minimum Gasteiger partial charge on any atom is -0.338 e. The Hall–Kier alpha value is -0.710. The van der Waals surface area contributed by atoms with Crippen molar-refractivity contribution in [2.24, 2.45) is 0 Å². The van der Waals surface area contributed by atoms with E-state index < -0.39 is 5.97 Å². The van der Waals surface area contributed by atoms with Gasteiger partial charge in [-0.25, -0.2) is 0 Å². The van der Waals surface area contributed by atoms with Gasteiger partial charge in [-0.3, -0.25) is 9.59 Å². The highest BCUT2D eigenvalue weighted by atomic mass is 32.1. The number of carbonyl (C=O) groups is 2. The van der Waals surface area contributed by atoms with E-state index in [0.717, 1.165) is 5.06 Å². The smallest absolute Gasteiger partial charge is 0.329 e. The third-order valence-electron chi connectivity index (χ3n) is 1.38. The molecule has 1 amide bonds. The van der Waals surface area contributed by atoms with Crippen molar-refractivity contribution < 1.29 is 14.4 Å². The fourth-order valence-electron chi connectivity index (χ4n) is 0.885. The van der Waals surface area contributed by atoms with Crippen LogP contribution in [0.5, 0.6) is 0 Å². The lowest BCUT2D eigenvalue weighted by Gasteiger charge is -2.12. The molecule has 1 aliphatic heterocycles. The van der Waals surface area contributed by atoms with Crippen LogP contribution in [0, 0.1) is 0 Å². The van der Waals surface area contributed by atoms with Gasteiger partial charge in [0.25, 0.3) is 5.91 Å². The first-order valence-corrected chi connectivity index (χ1v) is 3.81. The quantitative estimate of drug-likeness (QED) is 0.570. The van der Waals surface area contributed by atoms with Crippen molar-refractivity contribution in [1.82, 2.24) is 5.06 Å². The van der Waals surface area contributed by atoms with Gasteiger partial charge in [0.15, 0.2) is 0 Å². The van der Waals surface area contributed by atoms with E-state index in [9.17, 15) is 9.59 Å². The maximum Gasteiger partial charge on any atom is 0.329 e. The molecule has 1 aliphatic rings. The van der Waals surface area contributed by atoms with Gasteiger partial charge in [-0.1, -0.05) is 0 Å². The van der Waals surface area contributed by atoms with Crippen LogP contribution in [0.2, 0.25) is 0 Å². The third-order valence-corrected chi connectivity index (χ3v) is 1.85. The van der Waals surface area contributed by atoms with Gasteiger partial charge in [-0.05, 0) is 6.42 Å². The van der Waals surface area contributed by atoms with Crippen LogP contribution in [0.25, 0.3) is 0 Å². The van der Waals surface area contributed by atoms with E-state index >= 15 is 0 Å². The number of thiol groups is 1. The maximum atomic E-state index is 11.0. The van der Waals surface area contributed by atoms with E-state index in [0.29, 0.717) is 13.0 Å². The van der Waals surface area contributed by atoms with Gasteiger partial charge in [-0.15, -0.1) is 0 Å². The molecule has 1 atom stereocenters. The molecule has 1 fully saturated rings. The highest BCUT2D eigenvalue weighted by Crippen LogP contribution is 2.15. The van der Waals surface area contributed by atoms with E-state index in [1.54, 1.807) is 0 Å². The molecule has 0 aromatic carbocycles. The molecule has 0 radical (unpaired) electrons. The topological polar surface area (TPSA) is 46.6 Å². The molecule has 62 valence electrons. The largest absolute Gasteiger partial charge is 0.338 e. The molecule has 1 unspecified atom stereocenters. The standard InChI is InChI=1S/C6H9NO3S/c1-4(8)10-7-3-2-5(11)6(7)9/h5,11H,2-3H2,1H3. The van der Waals surface area contributed by atoms with E-state index in [-0.39, 0.29) is 11.2 Å². The Morgan fingerprint density at radius 1 is 1.82 bits per heavy atom. The molecule has 4 nitrogen and oxygen atoms in total. The second-order valence-corrected chi connectivity index (χ2v) is 2.95. The Balaban J connectivity index is 2.49. The zero-order valence-corrected chi connectivity index (χ0v) is 7.01. The molecule has 1 saturated heterocycles. The summed E-state index contributed by atoms with van der Waals surface area (Å²) in [5.41, 5.74) is 0. The Morgan fingerprint density at radius 3 is 2.82 bits per heavy atom. The lowest BCUT2D eigenvalue weighted by atomic mass is 10.4. The molecule has 5 heteroatoms. The lowest BCUT2D eigenvalue weighted by molar-refractivity contribution is -0.190. The first-order valence-electron chi connectivity index (χ1n) is 3.29. The molecule has 0 aliphatic carbocycles. The normalized spacial score (nSPS) is 24.0. The van der Waals surface area contributed by atoms with Crippen molar-refractivity contribution in [3.8, 4) is 0 Å². The summed E-state index contributed by atoms with van der Waals surface area (Å²) in [5, 5.41) is 0.745. The second-order valence-electron chi connectivity index (χ2n) is 2.33. The number of nitrogens with zero attached hydrogens (tertiary/aromatic N) is 1. The lowest BCUT2D eigenvalue weighted by Crippen LogP contribution is -2.29. The number of rotatable bonds is 1. The van der Waals surface area contributed by atoms with Crippen LogP contribution in [-0.4, -0.2) is 28.7 Å². The molecule has 1 rings (SSSR count). The van der Waals surface area contributed by atoms with Crippen molar-refractivity contribution >= 4 is 24.5 Å². The van der Waals surface area contributed by atoms with Crippen molar-refractivity contribution in [2.45, 2.75) is 18.6 Å². The highest BCUT2D eigenvalue weighted by molar-refractivity contribution is 7.81. The fraction of sp³-hybridized carbons (Fsp3) is 0.667. The summed E-state index contributed by atoms with van der Waals surface area (Å²) in [6.07, 6.45) is 0.634. The minimum atomic E-state index is -0.471. The van der Waals surface area contributed by atoms with Crippen molar-refractivity contribution in [1.29, 1.82) is 0 Å². The Bertz CT molecular complexity index is 194. The Morgan fingerprint density at radius 2 is 2.45 bits per heavy atom. The fourth-order valence-corrected chi connectivity index (χ4v) is 1.13. The first kappa shape index (κ1) is 8.39. The summed E-state index contributed by atoms with van der Waals surface area (Å²) in [6, 6.07) is 0. The van der Waals surface area contributed by atoms with Crippen LogP contribution in [0.1, 0.15) is 13.3 Å². The van der Waals surface area contributed by atoms with Gasteiger partial charge in [0.1, 0.15) is 0 Å². The third kappa shape index (κ3) is 1.86. The van der Waals surface area contributed by atoms with E-state index in [4.69, 9.17) is 0 Å². The molecule has 1 heterocycles. The summed E-state index contributed by atoms with van der Waals surface area (Å²) < 4.78 is 0. The molecule has 0 saturated carbocycles. The van der Waals surface area contributed by atoms with Gasteiger partial charge in [0.05, 0.1) is 11.8 Å². The maximum absolute atomic E-state index is 11.0. The predicted molar refractivity (Wildman–Crippen MR) is 40.9 cm³/mol. The number of amides is 1. The van der Waals surface area contributed by atoms with E-state index in [2.05, 4.69) is 17.5 Å². The van der Waals surface area contributed by atoms with Crippen LogP contribution in [-0.2, 0) is 14.4 Å². The van der Waals surface area contributed by atoms with Gasteiger partial charge in [0.2, 0.25) is 0 Å². The SMILES string of the molecule is CC(=O)ON1CCC(S)C1=O.